The van der Waals surface area contributed by atoms with Gasteiger partial charge >= 0.3 is 12.0 Å². The van der Waals surface area contributed by atoms with Crippen LogP contribution in [0.3, 0.4) is 0 Å². The highest BCUT2D eigenvalue weighted by molar-refractivity contribution is 5.80. The van der Waals surface area contributed by atoms with Crippen molar-refractivity contribution in [3.05, 3.63) is 24.3 Å². The number of benzene rings is 1. The van der Waals surface area contributed by atoms with E-state index in [1.165, 1.54) is 0 Å². The van der Waals surface area contributed by atoms with Gasteiger partial charge in [-0.05, 0) is 26.0 Å². The molecule has 1 aliphatic rings. The number of hydrogen-bond donors (Lipinski definition) is 1. The maximum absolute atomic E-state index is 12.1. The minimum Gasteiger partial charge on any atom is -0.486 e. The third kappa shape index (κ3) is 4.77. The minimum absolute atomic E-state index is 0.145. The molecule has 7 heteroatoms. The first-order valence-electron chi connectivity index (χ1n) is 7.70. The van der Waals surface area contributed by atoms with Gasteiger partial charge in [-0.2, -0.15) is 0 Å². The molecule has 1 N–H and O–H groups in total. The summed E-state index contributed by atoms with van der Waals surface area (Å²) < 4.78 is 16.3. The molecule has 0 aromatic heterocycles. The summed E-state index contributed by atoms with van der Waals surface area (Å²) in [7, 11) is 0. The number of urea groups is 1. The van der Waals surface area contributed by atoms with E-state index in [0.29, 0.717) is 37.8 Å². The number of amides is 2. The van der Waals surface area contributed by atoms with Crippen LogP contribution in [0.5, 0.6) is 11.5 Å². The van der Waals surface area contributed by atoms with Crippen LogP contribution in [0.15, 0.2) is 24.3 Å². The molecule has 0 aliphatic carbocycles. The van der Waals surface area contributed by atoms with Crippen molar-refractivity contribution in [1.29, 1.82) is 0 Å². The number of esters is 1. The third-order valence-corrected chi connectivity index (χ3v) is 3.35. The number of rotatable bonds is 6. The average Bonchev–Trinajstić information content (AvgIpc) is 2.57. The number of hydrogen-bond acceptors (Lipinski definition) is 5. The SMILES string of the molecule is CCOC(=O)CNC(=O)N(CC)C[C@@H]1COc2ccccc2O1. The lowest BCUT2D eigenvalue weighted by Gasteiger charge is -2.30. The molecule has 0 radical (unpaired) electrons. The molecular formula is C16H22N2O5. The van der Waals surface area contributed by atoms with Gasteiger partial charge in [-0.15, -0.1) is 0 Å². The monoisotopic (exact) mass is 322 g/mol. The summed E-state index contributed by atoms with van der Waals surface area (Å²) in [5.74, 6) is 0.924. The van der Waals surface area contributed by atoms with Gasteiger partial charge in [-0.3, -0.25) is 4.79 Å². The van der Waals surface area contributed by atoms with Crippen LogP contribution in [0.1, 0.15) is 13.8 Å². The lowest BCUT2D eigenvalue weighted by molar-refractivity contribution is -0.141. The molecule has 126 valence electrons. The molecule has 1 aromatic rings. The molecule has 0 unspecified atom stereocenters. The van der Waals surface area contributed by atoms with E-state index in [1.54, 1.807) is 11.8 Å². The molecular weight excluding hydrogens is 300 g/mol. The molecule has 0 spiro atoms. The summed E-state index contributed by atoms with van der Waals surface area (Å²) in [4.78, 5) is 25.0. The van der Waals surface area contributed by atoms with Crippen LogP contribution in [0.25, 0.3) is 0 Å². The van der Waals surface area contributed by atoms with Crippen LogP contribution in [-0.2, 0) is 9.53 Å². The number of fused-ring (bicyclic) bond motifs is 1. The van der Waals surface area contributed by atoms with Gasteiger partial charge < -0.3 is 24.4 Å². The van der Waals surface area contributed by atoms with E-state index in [1.807, 2.05) is 31.2 Å². The van der Waals surface area contributed by atoms with Crippen LogP contribution in [0.4, 0.5) is 4.79 Å². The molecule has 0 bridgehead atoms. The lowest BCUT2D eigenvalue weighted by atomic mass is 10.2. The largest absolute Gasteiger partial charge is 0.486 e. The van der Waals surface area contributed by atoms with Crippen LogP contribution in [-0.4, -0.2) is 55.9 Å². The molecule has 1 heterocycles. The van der Waals surface area contributed by atoms with Crippen molar-refractivity contribution in [3.8, 4) is 11.5 Å². The number of carbonyl (C=O) groups excluding carboxylic acids is 2. The van der Waals surface area contributed by atoms with Crippen molar-refractivity contribution in [3.63, 3.8) is 0 Å². The minimum atomic E-state index is -0.455. The topological polar surface area (TPSA) is 77.1 Å². The van der Waals surface area contributed by atoms with Crippen molar-refractivity contribution in [2.75, 3.05) is 32.8 Å². The standard InChI is InChI=1S/C16H22N2O5/c1-3-18(16(20)17-9-15(19)21-4-2)10-12-11-22-13-7-5-6-8-14(13)23-12/h5-8,12H,3-4,9-11H2,1-2H3,(H,17,20)/t12-/m1/s1. The maximum Gasteiger partial charge on any atom is 0.325 e. The molecule has 2 amide bonds. The van der Waals surface area contributed by atoms with Gasteiger partial charge in [0.1, 0.15) is 13.2 Å². The Morgan fingerprint density at radius 2 is 2.04 bits per heavy atom. The molecule has 7 nitrogen and oxygen atoms in total. The van der Waals surface area contributed by atoms with Crippen LogP contribution < -0.4 is 14.8 Å². The van der Waals surface area contributed by atoms with Crippen molar-refractivity contribution in [2.45, 2.75) is 20.0 Å². The summed E-state index contributed by atoms with van der Waals surface area (Å²) in [6.07, 6.45) is -0.252. The number of nitrogens with zero attached hydrogens (tertiary/aromatic N) is 1. The van der Waals surface area contributed by atoms with Gasteiger partial charge in [-0.25, -0.2) is 4.79 Å². The Kier molecular flexibility index (Phi) is 6.08. The highest BCUT2D eigenvalue weighted by atomic mass is 16.6. The predicted octanol–water partition coefficient (Wildman–Crippen LogP) is 1.42. The van der Waals surface area contributed by atoms with Gasteiger partial charge in [0.15, 0.2) is 17.6 Å². The summed E-state index contributed by atoms with van der Waals surface area (Å²) in [6.45, 7) is 4.97. The summed E-state index contributed by atoms with van der Waals surface area (Å²) in [5, 5.41) is 2.54. The van der Waals surface area contributed by atoms with Gasteiger partial charge in [-0.1, -0.05) is 12.1 Å². The van der Waals surface area contributed by atoms with Crippen molar-refractivity contribution in [2.24, 2.45) is 0 Å². The van der Waals surface area contributed by atoms with Gasteiger partial charge in [0, 0.05) is 6.54 Å². The van der Waals surface area contributed by atoms with E-state index in [4.69, 9.17) is 14.2 Å². The molecule has 23 heavy (non-hydrogen) atoms. The van der Waals surface area contributed by atoms with E-state index in [0.717, 1.165) is 0 Å². The highest BCUT2D eigenvalue weighted by Gasteiger charge is 2.24. The van der Waals surface area contributed by atoms with Gasteiger partial charge in [0.2, 0.25) is 0 Å². The summed E-state index contributed by atoms with van der Waals surface area (Å²) in [5.41, 5.74) is 0. The molecule has 1 aromatic carbocycles. The van der Waals surface area contributed by atoms with Crippen LogP contribution >= 0.6 is 0 Å². The number of nitrogens with one attached hydrogen (secondary N) is 1. The zero-order valence-corrected chi connectivity index (χ0v) is 13.4. The van der Waals surface area contributed by atoms with E-state index < -0.39 is 5.97 Å². The van der Waals surface area contributed by atoms with Crippen molar-refractivity contribution in [1.82, 2.24) is 10.2 Å². The van der Waals surface area contributed by atoms with Gasteiger partial charge in [0.25, 0.3) is 0 Å². The fourth-order valence-electron chi connectivity index (χ4n) is 2.23. The Morgan fingerprint density at radius 1 is 1.30 bits per heavy atom. The number of carbonyl (C=O) groups is 2. The predicted molar refractivity (Wildman–Crippen MR) is 83.6 cm³/mol. The zero-order chi connectivity index (χ0) is 16.7. The first-order chi connectivity index (χ1) is 11.1. The number of para-hydroxylation sites is 2. The molecule has 0 fully saturated rings. The first kappa shape index (κ1) is 16.9. The number of likely N-dealkylation sites (N-methyl/N-ethyl adjacent to an activating group) is 1. The normalized spacial score (nSPS) is 15.7. The number of ether oxygens (including phenoxy) is 3. The van der Waals surface area contributed by atoms with E-state index in [9.17, 15) is 9.59 Å². The quantitative estimate of drug-likeness (QED) is 0.802. The van der Waals surface area contributed by atoms with E-state index in [-0.39, 0.29) is 18.7 Å². The Hall–Kier alpha value is -2.44. The highest BCUT2D eigenvalue weighted by Crippen LogP contribution is 2.30. The van der Waals surface area contributed by atoms with Crippen LogP contribution in [0, 0.1) is 0 Å². The second-order valence-corrected chi connectivity index (χ2v) is 5.00. The molecule has 1 atom stereocenters. The first-order valence-corrected chi connectivity index (χ1v) is 7.70. The fourth-order valence-corrected chi connectivity index (χ4v) is 2.23. The lowest BCUT2D eigenvalue weighted by Crippen LogP contribution is -2.48. The molecule has 0 saturated heterocycles. The van der Waals surface area contributed by atoms with E-state index >= 15 is 0 Å². The second-order valence-electron chi connectivity index (χ2n) is 5.00. The van der Waals surface area contributed by atoms with Crippen molar-refractivity contribution >= 4 is 12.0 Å². The van der Waals surface area contributed by atoms with E-state index in [2.05, 4.69) is 5.32 Å². The average molecular weight is 322 g/mol. The summed E-state index contributed by atoms with van der Waals surface area (Å²) >= 11 is 0. The molecule has 1 aliphatic heterocycles. The maximum atomic E-state index is 12.1. The fraction of sp³-hybridized carbons (Fsp3) is 0.500. The third-order valence-electron chi connectivity index (χ3n) is 3.35. The smallest absolute Gasteiger partial charge is 0.325 e. The molecule has 2 rings (SSSR count). The van der Waals surface area contributed by atoms with Crippen LogP contribution in [0.2, 0.25) is 0 Å². The zero-order valence-electron chi connectivity index (χ0n) is 13.4. The Labute approximate surface area is 135 Å². The van der Waals surface area contributed by atoms with Crippen molar-refractivity contribution < 1.29 is 23.8 Å². The second kappa shape index (κ2) is 8.26. The molecule has 0 saturated carbocycles. The Morgan fingerprint density at radius 3 is 2.74 bits per heavy atom. The Balaban J connectivity index is 1.85. The summed E-state index contributed by atoms with van der Waals surface area (Å²) in [6, 6.07) is 7.09. The van der Waals surface area contributed by atoms with Gasteiger partial charge in [0.05, 0.1) is 13.2 Å². The Bertz CT molecular complexity index is 549.